The van der Waals surface area contributed by atoms with Crippen molar-refractivity contribution in [2.45, 2.75) is 20.1 Å². The zero-order chi connectivity index (χ0) is 23.0. The van der Waals surface area contributed by atoms with E-state index in [-0.39, 0.29) is 51.2 Å². The third-order valence-corrected chi connectivity index (χ3v) is 4.59. The van der Waals surface area contributed by atoms with Crippen LogP contribution in [0.4, 0.5) is 14.5 Å². The van der Waals surface area contributed by atoms with E-state index >= 15 is 0 Å². The number of hydrogen-bond donors (Lipinski definition) is 0. The van der Waals surface area contributed by atoms with E-state index < -0.39 is 23.1 Å². The minimum atomic E-state index is -3.17. The maximum Gasteiger partial charge on any atom is 0.387 e. The van der Waals surface area contributed by atoms with E-state index in [0.717, 1.165) is 22.9 Å². The maximum absolute atomic E-state index is 12.9. The molecule has 0 aliphatic rings. The maximum atomic E-state index is 12.9. The van der Waals surface area contributed by atoms with E-state index in [1.807, 2.05) is 0 Å². The molecule has 4 rings (SSSR count). The molecule has 0 fully saturated rings. The highest BCUT2D eigenvalue weighted by atomic mass is 19.3. The molecule has 0 amide bonds. The molecule has 0 spiro atoms. The van der Waals surface area contributed by atoms with E-state index in [2.05, 4.69) is 9.84 Å². The summed E-state index contributed by atoms with van der Waals surface area (Å²) in [6.45, 7) is -1.25. The number of benzene rings is 2. The highest BCUT2D eigenvalue weighted by Gasteiger charge is 2.24. The van der Waals surface area contributed by atoms with E-state index in [1.165, 1.54) is 24.4 Å². The number of aryl methyl sites for hydroxylation is 1. The van der Waals surface area contributed by atoms with Gasteiger partial charge in [-0.25, -0.2) is 9.48 Å². The van der Waals surface area contributed by atoms with Gasteiger partial charge in [0.15, 0.2) is 11.3 Å². The van der Waals surface area contributed by atoms with Crippen LogP contribution in [0.5, 0.6) is 11.5 Å². The summed E-state index contributed by atoms with van der Waals surface area (Å²) in [5, 5.41) is 14.9. The molecule has 2 aromatic carbocycles. The van der Waals surface area contributed by atoms with Crippen LogP contribution in [0.25, 0.3) is 21.9 Å². The number of non-ortho nitro benzene ring substituents is 1. The van der Waals surface area contributed by atoms with Gasteiger partial charge in [-0.05, 0) is 31.2 Å². The summed E-state index contributed by atoms with van der Waals surface area (Å²) in [5.74, 6) is -1.27. The first-order chi connectivity index (χ1) is 15.3. The molecule has 2 aromatic heterocycles. The van der Waals surface area contributed by atoms with Gasteiger partial charge in [0.25, 0.3) is 5.69 Å². The fraction of sp³-hybridized carbons (Fsp3) is 0.150. The van der Waals surface area contributed by atoms with Crippen LogP contribution in [0, 0.1) is 10.1 Å². The van der Waals surface area contributed by atoms with Crippen molar-refractivity contribution in [3.63, 3.8) is 0 Å². The number of esters is 1. The first kappa shape index (κ1) is 20.9. The van der Waals surface area contributed by atoms with Crippen molar-refractivity contribution >= 4 is 33.6 Å². The number of carbonyl (C=O) groups excluding carboxylic acids is 1. The van der Waals surface area contributed by atoms with Crippen LogP contribution in [-0.2, 0) is 6.54 Å². The molecule has 2 heterocycles. The van der Waals surface area contributed by atoms with Crippen molar-refractivity contribution in [2.24, 2.45) is 0 Å². The number of rotatable bonds is 6. The number of alkyl halides is 2. The van der Waals surface area contributed by atoms with Gasteiger partial charge in [-0.3, -0.25) is 14.9 Å². The quantitative estimate of drug-likeness (QED) is 0.189. The number of nitrogens with zero attached hydrogens (tertiary/aromatic N) is 3. The lowest BCUT2D eigenvalue weighted by Gasteiger charge is -2.08. The van der Waals surface area contributed by atoms with Crippen LogP contribution in [0.1, 0.15) is 17.3 Å². The molecule has 0 aliphatic carbocycles. The molecule has 0 radical (unpaired) electrons. The molecule has 0 bridgehead atoms. The average molecular weight is 445 g/mol. The molecule has 0 saturated heterocycles. The molecular weight excluding hydrogens is 432 g/mol. The van der Waals surface area contributed by atoms with Crippen molar-refractivity contribution in [2.75, 3.05) is 0 Å². The summed E-state index contributed by atoms with van der Waals surface area (Å²) in [6.07, 6.45) is 1.28. The summed E-state index contributed by atoms with van der Waals surface area (Å²) in [5.41, 5.74) is -1.34. The second-order valence-corrected chi connectivity index (χ2v) is 6.44. The van der Waals surface area contributed by atoms with Gasteiger partial charge in [-0.15, -0.1) is 0 Å². The topological polar surface area (TPSA) is 127 Å². The zero-order valence-corrected chi connectivity index (χ0v) is 16.3. The van der Waals surface area contributed by atoms with Gasteiger partial charge in [-0.1, -0.05) is 0 Å². The lowest BCUT2D eigenvalue weighted by Crippen LogP contribution is -2.21. The second-order valence-electron chi connectivity index (χ2n) is 6.44. The number of nitro benzene ring substituents is 1. The Morgan fingerprint density at radius 3 is 2.56 bits per heavy atom. The smallest absolute Gasteiger partial charge is 0.387 e. The normalized spacial score (nSPS) is 11.2. The number of halogens is 2. The molecule has 164 valence electrons. The predicted octanol–water partition coefficient (Wildman–Crippen LogP) is 3.89. The number of aromatic nitrogens is 2. The molecule has 0 saturated carbocycles. The molecule has 32 heavy (non-hydrogen) atoms. The fourth-order valence-corrected chi connectivity index (χ4v) is 3.16. The van der Waals surface area contributed by atoms with E-state index in [1.54, 1.807) is 6.92 Å². The Hall–Kier alpha value is -4.35. The third kappa shape index (κ3) is 3.62. The molecule has 0 aliphatic heterocycles. The van der Waals surface area contributed by atoms with E-state index in [9.17, 15) is 28.5 Å². The van der Waals surface area contributed by atoms with Crippen molar-refractivity contribution in [3.8, 4) is 11.5 Å². The van der Waals surface area contributed by atoms with E-state index in [0.29, 0.717) is 0 Å². The molecular formula is C20H13F2N3O7. The first-order valence-corrected chi connectivity index (χ1v) is 9.17. The minimum Gasteiger partial charge on any atom is -0.446 e. The van der Waals surface area contributed by atoms with Gasteiger partial charge in [0.05, 0.1) is 22.1 Å². The highest BCUT2D eigenvalue weighted by molar-refractivity contribution is 6.16. The summed E-state index contributed by atoms with van der Waals surface area (Å²) in [7, 11) is 0. The summed E-state index contributed by atoms with van der Waals surface area (Å²) < 4.78 is 42.1. The molecule has 4 aromatic rings. The van der Waals surface area contributed by atoms with Crippen molar-refractivity contribution in [1.82, 2.24) is 9.78 Å². The van der Waals surface area contributed by atoms with Crippen LogP contribution in [0.2, 0.25) is 0 Å². The van der Waals surface area contributed by atoms with Crippen molar-refractivity contribution in [1.29, 1.82) is 0 Å². The fourth-order valence-electron chi connectivity index (χ4n) is 3.16. The molecule has 12 heteroatoms. The van der Waals surface area contributed by atoms with Gasteiger partial charge in [-0.2, -0.15) is 13.9 Å². The zero-order valence-electron chi connectivity index (χ0n) is 16.3. The van der Waals surface area contributed by atoms with Crippen LogP contribution in [-0.4, -0.2) is 27.3 Å². The Morgan fingerprint density at radius 2 is 1.94 bits per heavy atom. The largest absolute Gasteiger partial charge is 0.446 e. The first-order valence-electron chi connectivity index (χ1n) is 9.17. The van der Waals surface area contributed by atoms with Crippen LogP contribution < -0.4 is 15.0 Å². The summed E-state index contributed by atoms with van der Waals surface area (Å²) in [4.78, 5) is 35.6. The Labute approximate surface area is 176 Å². The van der Waals surface area contributed by atoms with Gasteiger partial charge in [0, 0.05) is 24.1 Å². The third-order valence-electron chi connectivity index (χ3n) is 4.59. The number of hydrogen-bond acceptors (Lipinski definition) is 8. The average Bonchev–Trinajstić information content (AvgIpc) is 3.15. The Bertz CT molecular complexity index is 1410. The Balaban J connectivity index is 1.86. The lowest BCUT2D eigenvalue weighted by molar-refractivity contribution is -0.384. The number of carbonyl (C=O) groups is 1. The standard InChI is InChI=1S/C20H13F2N3O7/c1-2-24-18(26)16-13(9-23-24)15-12(7-8-14(17(15)32-16)31-20(21)22)19(27)30-11-5-3-10(4-6-11)25(28)29/h3-9,20H,2H2,1H3. The van der Waals surface area contributed by atoms with Gasteiger partial charge in [0.1, 0.15) is 5.75 Å². The monoisotopic (exact) mass is 445 g/mol. The number of nitro groups is 1. The summed E-state index contributed by atoms with van der Waals surface area (Å²) in [6, 6.07) is 7.06. The van der Waals surface area contributed by atoms with Gasteiger partial charge >= 0.3 is 18.1 Å². The predicted molar refractivity (Wildman–Crippen MR) is 106 cm³/mol. The Morgan fingerprint density at radius 1 is 1.22 bits per heavy atom. The van der Waals surface area contributed by atoms with Crippen molar-refractivity contribution < 1.29 is 32.4 Å². The Kier molecular flexibility index (Phi) is 5.26. The van der Waals surface area contributed by atoms with Crippen LogP contribution in [0.3, 0.4) is 0 Å². The van der Waals surface area contributed by atoms with Crippen LogP contribution in [0.15, 0.2) is 51.8 Å². The van der Waals surface area contributed by atoms with Gasteiger partial charge in [0.2, 0.25) is 5.58 Å². The molecule has 0 atom stereocenters. The number of ether oxygens (including phenoxy) is 2. The SMILES string of the molecule is CCn1ncc2c(oc3c(OC(F)F)ccc(C(=O)Oc4ccc([N+](=O)[O-])cc4)c32)c1=O. The lowest BCUT2D eigenvalue weighted by atomic mass is 10.1. The highest BCUT2D eigenvalue weighted by Crippen LogP contribution is 2.37. The van der Waals surface area contributed by atoms with Crippen LogP contribution >= 0.6 is 0 Å². The molecule has 0 N–H and O–H groups in total. The summed E-state index contributed by atoms with van der Waals surface area (Å²) >= 11 is 0. The van der Waals surface area contributed by atoms with Gasteiger partial charge < -0.3 is 13.9 Å². The van der Waals surface area contributed by atoms with Crippen molar-refractivity contribution in [3.05, 3.63) is 68.6 Å². The number of furan rings is 1. The second kappa shape index (κ2) is 8.06. The van der Waals surface area contributed by atoms with E-state index in [4.69, 9.17) is 9.15 Å². The molecule has 0 unspecified atom stereocenters. The minimum absolute atomic E-state index is 0.0120. The number of fused-ring (bicyclic) bond motifs is 3. The molecule has 10 nitrogen and oxygen atoms in total.